The van der Waals surface area contributed by atoms with Crippen molar-refractivity contribution < 1.29 is 9.21 Å². The second-order valence-corrected chi connectivity index (χ2v) is 6.14. The van der Waals surface area contributed by atoms with Crippen LogP contribution in [0.15, 0.2) is 33.6 Å². The molecular weight excluding hydrogens is 348 g/mol. The Morgan fingerprint density at radius 3 is 2.77 bits per heavy atom. The zero-order chi connectivity index (χ0) is 15.5. The number of carbonyl (C=O) groups excluding carboxylic acids is 1. The summed E-state index contributed by atoms with van der Waals surface area (Å²) in [5.74, 6) is 1.17. The van der Waals surface area contributed by atoms with Gasteiger partial charge in [-0.1, -0.05) is 0 Å². The average molecular weight is 365 g/mol. The fourth-order valence-electron chi connectivity index (χ4n) is 2.55. The van der Waals surface area contributed by atoms with Gasteiger partial charge in [0.05, 0.1) is 0 Å². The molecule has 0 bridgehead atoms. The van der Waals surface area contributed by atoms with Gasteiger partial charge >= 0.3 is 0 Å². The number of piperidine rings is 1. The number of rotatable bonds is 3. The van der Waals surface area contributed by atoms with Crippen LogP contribution in [-0.2, 0) is 0 Å². The maximum atomic E-state index is 12.3. The third-order valence-corrected chi connectivity index (χ3v) is 4.15. The summed E-state index contributed by atoms with van der Waals surface area (Å²) < 4.78 is 5.90. The molecule has 0 saturated carbocycles. The molecule has 1 fully saturated rings. The Kier molecular flexibility index (Phi) is 4.42. The van der Waals surface area contributed by atoms with Crippen LogP contribution >= 0.6 is 15.9 Å². The van der Waals surface area contributed by atoms with Gasteiger partial charge in [0.15, 0.2) is 10.4 Å². The van der Waals surface area contributed by atoms with Gasteiger partial charge < -0.3 is 14.6 Å². The molecular formula is C15H17BrN4O2. The Bertz CT molecular complexity index is 665. The van der Waals surface area contributed by atoms with Gasteiger partial charge in [0, 0.05) is 30.9 Å². The molecule has 0 spiro atoms. The van der Waals surface area contributed by atoms with Gasteiger partial charge in [0.2, 0.25) is 0 Å². The second-order valence-electron chi connectivity index (χ2n) is 5.36. The summed E-state index contributed by atoms with van der Waals surface area (Å²) >= 11 is 3.22. The van der Waals surface area contributed by atoms with E-state index in [4.69, 9.17) is 4.42 Å². The smallest absolute Gasteiger partial charge is 0.289 e. The Hall–Kier alpha value is -1.89. The van der Waals surface area contributed by atoms with Crippen LogP contribution in [0, 0.1) is 6.92 Å². The van der Waals surface area contributed by atoms with Gasteiger partial charge in [0.1, 0.15) is 12.1 Å². The molecule has 0 radical (unpaired) electrons. The topological polar surface area (TPSA) is 71.3 Å². The zero-order valence-electron chi connectivity index (χ0n) is 12.3. The van der Waals surface area contributed by atoms with E-state index in [1.165, 1.54) is 0 Å². The number of nitrogens with one attached hydrogen (secondary N) is 1. The third kappa shape index (κ3) is 3.47. The highest BCUT2D eigenvalue weighted by Gasteiger charge is 2.25. The number of nitrogens with zero attached hydrogens (tertiary/aromatic N) is 3. The number of aromatic nitrogens is 2. The maximum Gasteiger partial charge on any atom is 0.289 e. The van der Waals surface area contributed by atoms with Crippen molar-refractivity contribution in [2.45, 2.75) is 25.8 Å². The quantitative estimate of drug-likeness (QED) is 0.906. The number of amides is 1. The van der Waals surface area contributed by atoms with E-state index in [0.717, 1.165) is 24.4 Å². The van der Waals surface area contributed by atoms with Crippen LogP contribution in [0.3, 0.4) is 0 Å². The van der Waals surface area contributed by atoms with Crippen molar-refractivity contribution in [3.8, 4) is 0 Å². The van der Waals surface area contributed by atoms with Crippen molar-refractivity contribution in [1.29, 1.82) is 0 Å². The van der Waals surface area contributed by atoms with Crippen LogP contribution in [-0.4, -0.2) is 39.9 Å². The minimum Gasteiger partial charge on any atom is -0.444 e. The lowest BCUT2D eigenvalue weighted by atomic mass is 10.0. The molecule has 0 aliphatic carbocycles. The van der Waals surface area contributed by atoms with Crippen molar-refractivity contribution in [3.05, 3.63) is 40.7 Å². The minimum atomic E-state index is -0.0537. The van der Waals surface area contributed by atoms with Gasteiger partial charge in [-0.25, -0.2) is 9.97 Å². The highest BCUT2D eigenvalue weighted by atomic mass is 79.9. The second kappa shape index (κ2) is 6.48. The molecule has 1 aliphatic heterocycles. The van der Waals surface area contributed by atoms with E-state index in [1.54, 1.807) is 18.5 Å². The highest BCUT2D eigenvalue weighted by Crippen LogP contribution is 2.20. The first kappa shape index (κ1) is 15.0. The van der Waals surface area contributed by atoms with Crippen LogP contribution < -0.4 is 5.32 Å². The molecule has 0 unspecified atom stereocenters. The Morgan fingerprint density at radius 1 is 1.36 bits per heavy atom. The maximum absolute atomic E-state index is 12.3. The van der Waals surface area contributed by atoms with Crippen LogP contribution in [0.25, 0.3) is 0 Å². The Labute approximate surface area is 137 Å². The average Bonchev–Trinajstić information content (AvgIpc) is 2.94. The van der Waals surface area contributed by atoms with E-state index in [0.29, 0.717) is 29.6 Å². The first-order valence-corrected chi connectivity index (χ1v) is 8.01. The lowest BCUT2D eigenvalue weighted by Gasteiger charge is -2.32. The van der Waals surface area contributed by atoms with Crippen molar-refractivity contribution in [2.24, 2.45) is 0 Å². The molecule has 1 N–H and O–H groups in total. The molecule has 1 saturated heterocycles. The zero-order valence-corrected chi connectivity index (χ0v) is 13.8. The predicted octanol–water partition coefficient (Wildman–Crippen LogP) is 2.86. The molecule has 1 aliphatic rings. The number of hydrogen-bond donors (Lipinski definition) is 1. The van der Waals surface area contributed by atoms with Crippen LogP contribution in [0.1, 0.15) is 29.1 Å². The van der Waals surface area contributed by atoms with Crippen molar-refractivity contribution in [3.63, 3.8) is 0 Å². The number of furan rings is 1. The summed E-state index contributed by atoms with van der Waals surface area (Å²) in [6.45, 7) is 3.35. The van der Waals surface area contributed by atoms with Crippen molar-refractivity contribution in [2.75, 3.05) is 18.4 Å². The van der Waals surface area contributed by atoms with E-state index >= 15 is 0 Å². The lowest BCUT2D eigenvalue weighted by molar-refractivity contribution is 0.0685. The number of halogens is 1. The molecule has 3 heterocycles. The molecule has 0 atom stereocenters. The largest absolute Gasteiger partial charge is 0.444 e. The molecule has 22 heavy (non-hydrogen) atoms. The monoisotopic (exact) mass is 364 g/mol. The van der Waals surface area contributed by atoms with Gasteiger partial charge in [-0.2, -0.15) is 0 Å². The van der Waals surface area contributed by atoms with Gasteiger partial charge in [-0.3, -0.25) is 4.79 Å². The standard InChI is InChI=1S/C15H17BrN4O2/c1-10-8-14(18-9-17-10)19-11-4-6-20(7-5-11)15(21)12-2-3-13(16)22-12/h2-3,8-9,11H,4-7H2,1H3,(H,17,18,19). The first-order chi connectivity index (χ1) is 10.6. The summed E-state index contributed by atoms with van der Waals surface area (Å²) in [6, 6.07) is 5.68. The van der Waals surface area contributed by atoms with E-state index < -0.39 is 0 Å². The summed E-state index contributed by atoms with van der Waals surface area (Å²) in [4.78, 5) is 22.4. The van der Waals surface area contributed by atoms with Crippen LogP contribution in [0.5, 0.6) is 0 Å². The number of aryl methyl sites for hydroxylation is 1. The van der Waals surface area contributed by atoms with Gasteiger partial charge in [-0.15, -0.1) is 0 Å². The Balaban J connectivity index is 1.55. The van der Waals surface area contributed by atoms with Crippen molar-refractivity contribution >= 4 is 27.7 Å². The fourth-order valence-corrected chi connectivity index (χ4v) is 2.86. The number of likely N-dealkylation sites (tertiary alicyclic amines) is 1. The molecule has 7 heteroatoms. The molecule has 2 aromatic rings. The highest BCUT2D eigenvalue weighted by molar-refractivity contribution is 9.10. The SMILES string of the molecule is Cc1cc(NC2CCN(C(=O)c3ccc(Br)o3)CC2)ncn1. The molecule has 0 aromatic carbocycles. The van der Waals surface area contributed by atoms with E-state index in [-0.39, 0.29) is 5.91 Å². The van der Waals surface area contributed by atoms with Gasteiger partial charge in [0.25, 0.3) is 5.91 Å². The number of hydrogen-bond acceptors (Lipinski definition) is 5. The molecule has 1 amide bonds. The summed E-state index contributed by atoms with van der Waals surface area (Å²) in [5, 5.41) is 3.41. The normalized spacial score (nSPS) is 15.8. The molecule has 2 aromatic heterocycles. The molecule has 3 rings (SSSR count). The summed E-state index contributed by atoms with van der Waals surface area (Å²) in [5.41, 5.74) is 0.938. The summed E-state index contributed by atoms with van der Waals surface area (Å²) in [7, 11) is 0. The number of carbonyl (C=O) groups is 1. The van der Waals surface area contributed by atoms with Crippen LogP contribution in [0.2, 0.25) is 0 Å². The predicted molar refractivity (Wildman–Crippen MR) is 85.7 cm³/mol. The van der Waals surface area contributed by atoms with Crippen molar-refractivity contribution in [1.82, 2.24) is 14.9 Å². The molecule has 116 valence electrons. The van der Waals surface area contributed by atoms with E-state index in [1.807, 2.05) is 17.9 Å². The van der Waals surface area contributed by atoms with E-state index in [2.05, 4.69) is 31.2 Å². The Morgan fingerprint density at radius 2 is 2.14 bits per heavy atom. The first-order valence-electron chi connectivity index (χ1n) is 7.21. The fraction of sp³-hybridized carbons (Fsp3) is 0.400. The van der Waals surface area contributed by atoms with Gasteiger partial charge in [-0.05, 0) is 47.8 Å². The molecule has 6 nitrogen and oxygen atoms in total. The van der Waals surface area contributed by atoms with Crippen LogP contribution in [0.4, 0.5) is 5.82 Å². The minimum absolute atomic E-state index is 0.0537. The number of anilines is 1. The summed E-state index contributed by atoms with van der Waals surface area (Å²) in [6.07, 6.45) is 3.33. The lowest BCUT2D eigenvalue weighted by Crippen LogP contribution is -2.42. The third-order valence-electron chi connectivity index (χ3n) is 3.72. The van der Waals surface area contributed by atoms with E-state index in [9.17, 15) is 4.79 Å².